The lowest BCUT2D eigenvalue weighted by Crippen LogP contribution is -2.47. The maximum absolute atomic E-state index is 12.4. The molecule has 1 saturated heterocycles. The normalized spacial score (nSPS) is 16.7. The summed E-state index contributed by atoms with van der Waals surface area (Å²) >= 11 is 0. The zero-order chi connectivity index (χ0) is 18.4. The summed E-state index contributed by atoms with van der Waals surface area (Å²) < 4.78 is 10.5. The molecule has 0 radical (unpaired) electrons. The molecule has 1 atom stereocenters. The van der Waals surface area contributed by atoms with Gasteiger partial charge in [-0.15, -0.1) is 12.4 Å². The van der Waals surface area contributed by atoms with Crippen LogP contribution in [-0.2, 0) is 11.2 Å². The number of nitrogens with two attached hydrogens (primary N) is 1. The van der Waals surface area contributed by atoms with E-state index in [1.54, 1.807) is 7.11 Å². The van der Waals surface area contributed by atoms with Crippen molar-refractivity contribution in [3.8, 4) is 17.1 Å². The molecule has 0 spiro atoms. The molecule has 2 heterocycles. The second kappa shape index (κ2) is 10.3. The van der Waals surface area contributed by atoms with Gasteiger partial charge < -0.3 is 19.9 Å². The molecule has 1 unspecified atom stereocenters. The summed E-state index contributed by atoms with van der Waals surface area (Å²) in [5, 5.41) is 4.02. The first kappa shape index (κ1) is 21.2. The van der Waals surface area contributed by atoms with Crippen molar-refractivity contribution in [2.24, 2.45) is 5.73 Å². The van der Waals surface area contributed by atoms with Crippen molar-refractivity contribution in [2.75, 3.05) is 20.2 Å². The number of halogens is 1. The number of amides is 1. The molecule has 0 saturated carbocycles. The van der Waals surface area contributed by atoms with Gasteiger partial charge in [-0.25, -0.2) is 0 Å². The molecule has 7 nitrogen and oxygen atoms in total. The van der Waals surface area contributed by atoms with E-state index in [1.165, 1.54) is 0 Å². The van der Waals surface area contributed by atoms with E-state index in [2.05, 4.69) is 10.1 Å². The number of ether oxygens (including phenoxy) is 1. The Balaban J connectivity index is 0.00000261. The Labute approximate surface area is 165 Å². The fraction of sp³-hybridized carbons (Fsp3) is 0.526. The van der Waals surface area contributed by atoms with Crippen molar-refractivity contribution in [3.63, 3.8) is 0 Å². The van der Waals surface area contributed by atoms with Gasteiger partial charge in [0, 0.05) is 37.5 Å². The fourth-order valence-electron chi connectivity index (χ4n) is 3.32. The Morgan fingerprint density at radius 3 is 2.81 bits per heavy atom. The molecule has 0 bridgehead atoms. The van der Waals surface area contributed by atoms with Crippen LogP contribution < -0.4 is 10.5 Å². The van der Waals surface area contributed by atoms with Crippen LogP contribution >= 0.6 is 12.4 Å². The van der Waals surface area contributed by atoms with Crippen LogP contribution in [0.5, 0.6) is 5.75 Å². The van der Waals surface area contributed by atoms with E-state index in [9.17, 15) is 4.79 Å². The third-order valence-corrected chi connectivity index (χ3v) is 4.82. The SMILES string of the molecule is COc1ccc(-c2noc(CCCC(=O)N3CCCCC3CN)n2)cc1.Cl. The highest BCUT2D eigenvalue weighted by Gasteiger charge is 2.25. The highest BCUT2D eigenvalue weighted by Crippen LogP contribution is 2.21. The molecule has 0 aliphatic carbocycles. The molecule has 8 heteroatoms. The van der Waals surface area contributed by atoms with Crippen molar-refractivity contribution < 1.29 is 14.1 Å². The number of rotatable bonds is 7. The summed E-state index contributed by atoms with van der Waals surface area (Å²) in [6.07, 6.45) is 5.00. The number of aryl methyl sites for hydroxylation is 1. The van der Waals surface area contributed by atoms with Crippen molar-refractivity contribution >= 4 is 18.3 Å². The van der Waals surface area contributed by atoms with Crippen LogP contribution in [0.4, 0.5) is 0 Å². The summed E-state index contributed by atoms with van der Waals surface area (Å²) in [4.78, 5) is 18.8. The minimum Gasteiger partial charge on any atom is -0.497 e. The summed E-state index contributed by atoms with van der Waals surface area (Å²) in [5.41, 5.74) is 6.66. The van der Waals surface area contributed by atoms with E-state index in [1.807, 2.05) is 29.2 Å². The third-order valence-electron chi connectivity index (χ3n) is 4.82. The Hall–Kier alpha value is -2.12. The molecular weight excluding hydrogens is 368 g/mol. The molecule has 3 rings (SSSR count). The Morgan fingerprint density at radius 2 is 2.11 bits per heavy atom. The quantitative estimate of drug-likeness (QED) is 0.775. The number of methoxy groups -OCH3 is 1. The Kier molecular flexibility index (Phi) is 8.06. The van der Waals surface area contributed by atoms with Crippen molar-refractivity contribution in [2.45, 2.75) is 44.6 Å². The second-order valence-corrected chi connectivity index (χ2v) is 6.57. The molecule has 148 valence electrons. The maximum atomic E-state index is 12.4. The van der Waals surface area contributed by atoms with E-state index < -0.39 is 0 Å². The monoisotopic (exact) mass is 394 g/mol. The standard InChI is InChI=1S/C19H26N4O3.ClH/c1-25-16-10-8-14(9-11-16)19-21-17(26-22-19)6-4-7-18(24)23-12-3-2-5-15(23)13-20;/h8-11,15H,2-7,12-13,20H2,1H3;1H. The molecule has 2 N–H and O–H groups in total. The summed E-state index contributed by atoms with van der Waals surface area (Å²) in [6.45, 7) is 1.36. The van der Waals surface area contributed by atoms with Crippen LogP contribution in [0.3, 0.4) is 0 Å². The highest BCUT2D eigenvalue weighted by atomic mass is 35.5. The van der Waals surface area contributed by atoms with Gasteiger partial charge in [0.05, 0.1) is 7.11 Å². The largest absolute Gasteiger partial charge is 0.497 e. The number of benzene rings is 1. The second-order valence-electron chi connectivity index (χ2n) is 6.57. The van der Waals surface area contributed by atoms with Crippen LogP contribution in [-0.4, -0.2) is 47.2 Å². The zero-order valence-electron chi connectivity index (χ0n) is 15.6. The number of carbonyl (C=O) groups excluding carboxylic acids is 1. The van der Waals surface area contributed by atoms with Crippen LogP contribution in [0.1, 0.15) is 38.0 Å². The number of carbonyl (C=O) groups is 1. The number of aromatic nitrogens is 2. The molecule has 1 aromatic carbocycles. The van der Waals surface area contributed by atoms with Gasteiger partial charge in [-0.1, -0.05) is 5.16 Å². The van der Waals surface area contributed by atoms with E-state index in [0.29, 0.717) is 37.5 Å². The number of nitrogens with zero attached hydrogens (tertiary/aromatic N) is 3. The molecule has 1 aromatic heterocycles. The smallest absolute Gasteiger partial charge is 0.226 e. The lowest BCUT2D eigenvalue weighted by Gasteiger charge is -2.35. The van der Waals surface area contributed by atoms with Crippen molar-refractivity contribution in [3.05, 3.63) is 30.2 Å². The Morgan fingerprint density at radius 1 is 1.33 bits per heavy atom. The molecule has 1 aliphatic rings. The van der Waals surface area contributed by atoms with Gasteiger partial charge in [0.1, 0.15) is 5.75 Å². The maximum Gasteiger partial charge on any atom is 0.226 e. The fourth-order valence-corrected chi connectivity index (χ4v) is 3.32. The first-order valence-electron chi connectivity index (χ1n) is 9.18. The molecule has 2 aromatic rings. The first-order chi connectivity index (χ1) is 12.7. The van der Waals surface area contributed by atoms with Gasteiger partial charge in [-0.2, -0.15) is 4.98 Å². The lowest BCUT2D eigenvalue weighted by atomic mass is 10.0. The molecule has 1 aliphatic heterocycles. The van der Waals surface area contributed by atoms with Crippen LogP contribution in [0, 0.1) is 0 Å². The van der Waals surface area contributed by atoms with E-state index in [0.717, 1.165) is 37.1 Å². The predicted octanol–water partition coefficient (Wildman–Crippen LogP) is 2.83. The van der Waals surface area contributed by atoms with Crippen molar-refractivity contribution in [1.82, 2.24) is 15.0 Å². The van der Waals surface area contributed by atoms with Crippen LogP contribution in [0.15, 0.2) is 28.8 Å². The van der Waals surface area contributed by atoms with Crippen LogP contribution in [0.25, 0.3) is 11.4 Å². The van der Waals surface area contributed by atoms with E-state index >= 15 is 0 Å². The number of piperidine rings is 1. The van der Waals surface area contributed by atoms with Gasteiger partial charge >= 0.3 is 0 Å². The topological polar surface area (TPSA) is 94.5 Å². The molecule has 27 heavy (non-hydrogen) atoms. The highest BCUT2D eigenvalue weighted by molar-refractivity contribution is 5.85. The zero-order valence-corrected chi connectivity index (χ0v) is 16.4. The van der Waals surface area contributed by atoms with Gasteiger partial charge in [0.25, 0.3) is 0 Å². The first-order valence-corrected chi connectivity index (χ1v) is 9.18. The lowest BCUT2D eigenvalue weighted by molar-refractivity contribution is -0.134. The minimum atomic E-state index is 0. The predicted molar refractivity (Wildman–Crippen MR) is 105 cm³/mol. The molecule has 1 fully saturated rings. The Bertz CT molecular complexity index is 720. The number of hydrogen-bond donors (Lipinski definition) is 1. The summed E-state index contributed by atoms with van der Waals surface area (Å²) in [5.74, 6) is 2.06. The summed E-state index contributed by atoms with van der Waals surface area (Å²) in [7, 11) is 1.63. The van der Waals surface area contributed by atoms with E-state index in [4.69, 9.17) is 15.0 Å². The third kappa shape index (κ3) is 5.43. The van der Waals surface area contributed by atoms with Gasteiger partial charge in [-0.3, -0.25) is 4.79 Å². The van der Waals surface area contributed by atoms with E-state index in [-0.39, 0.29) is 24.4 Å². The average molecular weight is 395 g/mol. The number of hydrogen-bond acceptors (Lipinski definition) is 6. The van der Waals surface area contributed by atoms with Gasteiger partial charge in [0.2, 0.25) is 17.6 Å². The van der Waals surface area contributed by atoms with Crippen molar-refractivity contribution in [1.29, 1.82) is 0 Å². The average Bonchev–Trinajstić information content (AvgIpc) is 3.16. The minimum absolute atomic E-state index is 0. The van der Waals surface area contributed by atoms with Crippen LogP contribution in [0.2, 0.25) is 0 Å². The summed E-state index contributed by atoms with van der Waals surface area (Å²) in [6, 6.07) is 7.69. The van der Waals surface area contributed by atoms with Gasteiger partial charge in [-0.05, 0) is 49.9 Å². The molecular formula is C19H27ClN4O3. The van der Waals surface area contributed by atoms with Gasteiger partial charge in [0.15, 0.2) is 0 Å². The molecule has 1 amide bonds. The number of likely N-dealkylation sites (tertiary alicyclic amines) is 1.